The summed E-state index contributed by atoms with van der Waals surface area (Å²) in [6, 6.07) is 11.3. The maximum absolute atomic E-state index is 11.7. The molecule has 6 heteroatoms. The number of nitrogen functional groups attached to an aromatic ring is 1. The molecule has 1 amide bonds. The predicted octanol–water partition coefficient (Wildman–Crippen LogP) is 3.22. The number of thiophene rings is 1. The Kier molecular flexibility index (Phi) is 6.07. The summed E-state index contributed by atoms with van der Waals surface area (Å²) in [5.41, 5.74) is 6.30. The first-order valence-electron chi connectivity index (χ1n) is 6.63. The monoisotopic (exact) mass is 368 g/mol. The van der Waals surface area contributed by atoms with E-state index < -0.39 is 0 Å². The molecule has 2 rings (SSSR count). The van der Waals surface area contributed by atoms with Crippen molar-refractivity contribution < 1.29 is 9.53 Å². The Morgan fingerprint density at radius 2 is 2.19 bits per heavy atom. The fourth-order valence-corrected chi connectivity index (χ4v) is 3.25. The highest BCUT2D eigenvalue weighted by molar-refractivity contribution is 9.11. The van der Waals surface area contributed by atoms with Gasteiger partial charge in [-0.2, -0.15) is 0 Å². The summed E-state index contributed by atoms with van der Waals surface area (Å²) in [4.78, 5) is 12.9. The summed E-state index contributed by atoms with van der Waals surface area (Å²) in [6.45, 7) is 0.990. The minimum absolute atomic E-state index is 0.00507. The van der Waals surface area contributed by atoms with E-state index in [0.717, 1.165) is 10.2 Å². The summed E-state index contributed by atoms with van der Waals surface area (Å²) < 4.78 is 6.59. The fraction of sp³-hybridized carbons (Fsp3) is 0.267. The van der Waals surface area contributed by atoms with Crippen molar-refractivity contribution in [1.29, 1.82) is 0 Å². The Morgan fingerprint density at radius 3 is 2.90 bits per heavy atom. The van der Waals surface area contributed by atoms with Crippen LogP contribution in [0.25, 0.3) is 0 Å². The van der Waals surface area contributed by atoms with E-state index in [1.807, 2.05) is 18.2 Å². The number of halogens is 1. The molecule has 0 fully saturated rings. The number of carbonyl (C=O) groups excluding carboxylic acids is 1. The van der Waals surface area contributed by atoms with Crippen LogP contribution in [0.5, 0.6) is 5.75 Å². The number of amides is 1. The van der Waals surface area contributed by atoms with Crippen molar-refractivity contribution in [3.63, 3.8) is 0 Å². The van der Waals surface area contributed by atoms with Crippen LogP contribution in [-0.2, 0) is 11.2 Å². The number of carbonyl (C=O) groups is 1. The predicted molar refractivity (Wildman–Crippen MR) is 89.7 cm³/mol. The van der Waals surface area contributed by atoms with Crippen LogP contribution in [0.4, 0.5) is 5.69 Å². The molecular formula is C15H17BrN2O2S. The van der Waals surface area contributed by atoms with Crippen molar-refractivity contribution in [2.24, 2.45) is 0 Å². The second kappa shape index (κ2) is 8.05. The van der Waals surface area contributed by atoms with E-state index in [1.165, 1.54) is 4.88 Å². The Hall–Kier alpha value is -1.53. The van der Waals surface area contributed by atoms with E-state index in [2.05, 4.69) is 27.3 Å². The number of nitrogens with one attached hydrogen (secondary N) is 1. The molecule has 1 aromatic carbocycles. The Balaban J connectivity index is 1.61. The van der Waals surface area contributed by atoms with Crippen molar-refractivity contribution in [2.75, 3.05) is 18.9 Å². The summed E-state index contributed by atoms with van der Waals surface area (Å²) in [6.07, 6.45) is 1.18. The fourth-order valence-electron chi connectivity index (χ4n) is 1.77. The van der Waals surface area contributed by atoms with Gasteiger partial charge in [-0.3, -0.25) is 4.79 Å². The van der Waals surface area contributed by atoms with Gasteiger partial charge >= 0.3 is 0 Å². The van der Waals surface area contributed by atoms with E-state index >= 15 is 0 Å². The summed E-state index contributed by atoms with van der Waals surface area (Å²) in [7, 11) is 0. The molecule has 0 atom stereocenters. The van der Waals surface area contributed by atoms with E-state index in [-0.39, 0.29) is 5.91 Å². The molecule has 0 unspecified atom stereocenters. The van der Waals surface area contributed by atoms with Crippen molar-refractivity contribution >= 4 is 38.9 Å². The zero-order chi connectivity index (χ0) is 15.1. The average Bonchev–Trinajstić information content (AvgIpc) is 2.84. The smallest absolute Gasteiger partial charge is 0.223 e. The molecule has 1 aromatic heterocycles. The van der Waals surface area contributed by atoms with E-state index in [4.69, 9.17) is 10.5 Å². The van der Waals surface area contributed by atoms with Gasteiger partial charge in [0.1, 0.15) is 5.75 Å². The number of rotatable bonds is 7. The molecule has 4 nitrogen and oxygen atoms in total. The molecule has 0 aliphatic rings. The van der Waals surface area contributed by atoms with Crippen LogP contribution >= 0.6 is 27.3 Å². The summed E-state index contributed by atoms with van der Waals surface area (Å²) in [5.74, 6) is 0.681. The normalized spacial score (nSPS) is 10.3. The molecule has 0 radical (unpaired) electrons. The third-order valence-electron chi connectivity index (χ3n) is 2.78. The standard InChI is InChI=1S/C15H17BrN2O2S/c16-14-5-4-13(21-14)6-8-18-15(19)7-9-20-12-3-1-2-11(17)10-12/h1-5,10H,6-9,17H2,(H,18,19). The minimum Gasteiger partial charge on any atom is -0.493 e. The van der Waals surface area contributed by atoms with Gasteiger partial charge in [-0.15, -0.1) is 11.3 Å². The number of anilines is 1. The van der Waals surface area contributed by atoms with Gasteiger partial charge in [0.2, 0.25) is 5.91 Å². The lowest BCUT2D eigenvalue weighted by molar-refractivity contribution is -0.121. The number of benzene rings is 1. The molecule has 3 N–H and O–H groups in total. The number of hydrogen-bond acceptors (Lipinski definition) is 4. The highest BCUT2D eigenvalue weighted by Crippen LogP contribution is 2.22. The van der Waals surface area contributed by atoms with Gasteiger partial charge in [-0.25, -0.2) is 0 Å². The van der Waals surface area contributed by atoms with Crippen molar-refractivity contribution in [1.82, 2.24) is 5.32 Å². The Bertz CT molecular complexity index is 601. The maximum Gasteiger partial charge on any atom is 0.223 e. The lowest BCUT2D eigenvalue weighted by Gasteiger charge is -2.07. The van der Waals surface area contributed by atoms with Crippen molar-refractivity contribution in [3.05, 3.63) is 45.1 Å². The molecule has 1 heterocycles. The zero-order valence-electron chi connectivity index (χ0n) is 11.5. The van der Waals surface area contributed by atoms with Crippen LogP contribution in [0.2, 0.25) is 0 Å². The van der Waals surface area contributed by atoms with Crippen LogP contribution in [-0.4, -0.2) is 19.1 Å². The molecule has 2 aromatic rings. The zero-order valence-corrected chi connectivity index (χ0v) is 13.9. The van der Waals surface area contributed by atoms with Crippen LogP contribution in [0, 0.1) is 0 Å². The first-order chi connectivity index (χ1) is 10.1. The van der Waals surface area contributed by atoms with Gasteiger partial charge < -0.3 is 15.8 Å². The van der Waals surface area contributed by atoms with Crippen molar-refractivity contribution in [2.45, 2.75) is 12.8 Å². The van der Waals surface area contributed by atoms with Gasteiger partial charge in [-0.1, -0.05) is 6.07 Å². The number of nitrogens with two attached hydrogens (primary N) is 1. The Labute approximate surface area is 136 Å². The quantitative estimate of drug-likeness (QED) is 0.737. The van der Waals surface area contributed by atoms with Crippen molar-refractivity contribution in [3.8, 4) is 5.75 Å². The molecule has 0 bridgehead atoms. The first kappa shape index (κ1) is 15.9. The number of hydrogen-bond donors (Lipinski definition) is 2. The van der Waals surface area contributed by atoms with Crippen LogP contribution in [0.1, 0.15) is 11.3 Å². The van der Waals surface area contributed by atoms with Gasteiger partial charge in [-0.05, 0) is 46.6 Å². The van der Waals surface area contributed by atoms with Gasteiger partial charge in [0, 0.05) is 23.2 Å². The highest BCUT2D eigenvalue weighted by Gasteiger charge is 2.03. The third-order valence-corrected chi connectivity index (χ3v) is 4.46. The SMILES string of the molecule is Nc1cccc(OCCC(=O)NCCc2ccc(Br)s2)c1. The largest absolute Gasteiger partial charge is 0.493 e. The maximum atomic E-state index is 11.7. The lowest BCUT2D eigenvalue weighted by Crippen LogP contribution is -2.26. The van der Waals surface area contributed by atoms with Gasteiger partial charge in [0.25, 0.3) is 0 Å². The van der Waals surface area contributed by atoms with Gasteiger partial charge in [0.15, 0.2) is 0 Å². The Morgan fingerprint density at radius 1 is 1.33 bits per heavy atom. The molecule has 0 saturated heterocycles. The van der Waals surface area contributed by atoms with E-state index in [1.54, 1.807) is 23.5 Å². The third kappa shape index (κ3) is 5.77. The second-order valence-electron chi connectivity index (χ2n) is 4.48. The molecule has 0 spiro atoms. The average molecular weight is 369 g/mol. The summed E-state index contributed by atoms with van der Waals surface area (Å²) >= 11 is 5.10. The molecule has 0 aliphatic heterocycles. The summed E-state index contributed by atoms with van der Waals surface area (Å²) in [5, 5.41) is 2.89. The van der Waals surface area contributed by atoms with Crippen LogP contribution in [0.3, 0.4) is 0 Å². The lowest BCUT2D eigenvalue weighted by atomic mass is 10.3. The molecule has 21 heavy (non-hydrogen) atoms. The topological polar surface area (TPSA) is 64.3 Å². The van der Waals surface area contributed by atoms with E-state index in [9.17, 15) is 4.79 Å². The van der Waals surface area contributed by atoms with Gasteiger partial charge in [0.05, 0.1) is 16.8 Å². The van der Waals surface area contributed by atoms with E-state index in [0.29, 0.717) is 31.0 Å². The first-order valence-corrected chi connectivity index (χ1v) is 8.24. The van der Waals surface area contributed by atoms with Crippen LogP contribution < -0.4 is 15.8 Å². The molecule has 112 valence electrons. The highest BCUT2D eigenvalue weighted by atomic mass is 79.9. The second-order valence-corrected chi connectivity index (χ2v) is 7.02. The minimum atomic E-state index is -0.00507. The molecule has 0 aliphatic carbocycles. The van der Waals surface area contributed by atoms with Crippen LogP contribution in [0.15, 0.2) is 40.2 Å². The molecule has 0 saturated carbocycles. The number of ether oxygens (including phenoxy) is 1. The molecular weight excluding hydrogens is 352 g/mol.